The smallest absolute Gasteiger partial charge is 0.319 e. The molecular weight excluding hydrogens is 306 g/mol. The van der Waals surface area contributed by atoms with Crippen LogP contribution in [0, 0.1) is 0 Å². The molecule has 6 heteroatoms. The minimum atomic E-state index is -0.313. The van der Waals surface area contributed by atoms with Crippen molar-refractivity contribution < 1.29 is 14.3 Å². The average Bonchev–Trinajstić information content (AvgIpc) is 2.56. The fraction of sp³-hybridized carbons (Fsp3) is 0.222. The molecule has 0 saturated heterocycles. The molecule has 0 saturated carbocycles. The fourth-order valence-corrected chi connectivity index (χ4v) is 2.19. The third-order valence-corrected chi connectivity index (χ3v) is 3.33. The second kappa shape index (κ2) is 8.69. The van der Waals surface area contributed by atoms with E-state index in [1.54, 1.807) is 24.3 Å². The molecule has 2 rings (SSSR count). The Bertz CT molecular complexity index is 689. The number of rotatable bonds is 6. The van der Waals surface area contributed by atoms with E-state index in [2.05, 4.69) is 16.0 Å². The summed E-state index contributed by atoms with van der Waals surface area (Å²) in [5.74, 6) is -0.253. The van der Waals surface area contributed by atoms with Gasteiger partial charge in [0.1, 0.15) is 6.61 Å². The van der Waals surface area contributed by atoms with E-state index in [4.69, 9.17) is 4.74 Å². The predicted molar refractivity (Wildman–Crippen MR) is 94.0 cm³/mol. The summed E-state index contributed by atoms with van der Waals surface area (Å²) in [5, 5.41) is 8.31. The molecule has 0 bridgehead atoms. The van der Waals surface area contributed by atoms with Crippen LogP contribution >= 0.6 is 0 Å². The molecule has 3 N–H and O–H groups in total. The molecule has 3 amide bonds. The minimum Gasteiger partial charge on any atom is -0.375 e. The van der Waals surface area contributed by atoms with Crippen LogP contribution in [0.1, 0.15) is 18.5 Å². The molecule has 0 radical (unpaired) electrons. The van der Waals surface area contributed by atoms with Gasteiger partial charge in [0.15, 0.2) is 0 Å². The molecule has 0 aromatic heterocycles. The summed E-state index contributed by atoms with van der Waals surface area (Å²) in [4.78, 5) is 23.6. The van der Waals surface area contributed by atoms with Crippen molar-refractivity contribution in [2.45, 2.75) is 13.0 Å². The third-order valence-electron chi connectivity index (χ3n) is 3.33. The van der Waals surface area contributed by atoms with Crippen molar-refractivity contribution in [3.63, 3.8) is 0 Å². The number of methoxy groups -OCH3 is 1. The van der Waals surface area contributed by atoms with Gasteiger partial charge in [-0.1, -0.05) is 36.4 Å². The summed E-state index contributed by atoms with van der Waals surface area (Å²) in [6, 6.07) is 16.2. The Morgan fingerprint density at radius 1 is 1.00 bits per heavy atom. The summed E-state index contributed by atoms with van der Waals surface area (Å²) in [7, 11) is 1.45. The number of hydrogen-bond donors (Lipinski definition) is 3. The highest BCUT2D eigenvalue weighted by atomic mass is 16.5. The van der Waals surface area contributed by atoms with E-state index >= 15 is 0 Å². The average molecular weight is 327 g/mol. The van der Waals surface area contributed by atoms with Gasteiger partial charge in [0.2, 0.25) is 5.91 Å². The summed E-state index contributed by atoms with van der Waals surface area (Å²) in [6.07, 6.45) is 0. The number of amides is 3. The van der Waals surface area contributed by atoms with Gasteiger partial charge in [-0.25, -0.2) is 4.79 Å². The van der Waals surface area contributed by atoms with Gasteiger partial charge in [0.25, 0.3) is 0 Å². The normalized spacial score (nSPS) is 11.4. The molecule has 0 fully saturated rings. The van der Waals surface area contributed by atoms with Gasteiger partial charge >= 0.3 is 6.03 Å². The van der Waals surface area contributed by atoms with Gasteiger partial charge in [-0.15, -0.1) is 0 Å². The molecule has 1 atom stereocenters. The van der Waals surface area contributed by atoms with Crippen LogP contribution in [-0.4, -0.2) is 25.7 Å². The lowest BCUT2D eigenvalue weighted by Gasteiger charge is -2.15. The van der Waals surface area contributed by atoms with Crippen LogP contribution in [0.4, 0.5) is 16.2 Å². The predicted octanol–water partition coefficient (Wildman–Crippen LogP) is 3.15. The number of benzene rings is 2. The molecular formula is C18H21N3O3. The van der Waals surface area contributed by atoms with Crippen molar-refractivity contribution in [3.8, 4) is 0 Å². The number of ether oxygens (including phenoxy) is 1. The van der Waals surface area contributed by atoms with Gasteiger partial charge in [0.05, 0.1) is 6.04 Å². The second-order valence-corrected chi connectivity index (χ2v) is 5.29. The van der Waals surface area contributed by atoms with Gasteiger partial charge < -0.3 is 20.7 Å². The number of carbonyl (C=O) groups is 2. The minimum absolute atomic E-state index is 0.0211. The fourth-order valence-electron chi connectivity index (χ4n) is 2.19. The summed E-state index contributed by atoms with van der Waals surface area (Å²) >= 11 is 0. The zero-order chi connectivity index (χ0) is 17.4. The summed E-state index contributed by atoms with van der Waals surface area (Å²) in [5.41, 5.74) is 2.20. The number of hydrogen-bond acceptors (Lipinski definition) is 3. The molecule has 0 unspecified atom stereocenters. The van der Waals surface area contributed by atoms with Gasteiger partial charge in [-0.05, 0) is 30.7 Å². The topological polar surface area (TPSA) is 79.5 Å². The van der Waals surface area contributed by atoms with E-state index in [0.29, 0.717) is 11.4 Å². The van der Waals surface area contributed by atoms with E-state index in [1.807, 2.05) is 37.3 Å². The van der Waals surface area contributed by atoms with Crippen LogP contribution in [0.25, 0.3) is 0 Å². The first-order valence-electron chi connectivity index (χ1n) is 7.60. The Kier molecular flexibility index (Phi) is 6.33. The SMILES string of the molecule is COCC(=O)Nc1cccc(NC(=O)N[C@H](C)c2ccccc2)c1. The van der Waals surface area contributed by atoms with Crippen LogP contribution in [0.2, 0.25) is 0 Å². The van der Waals surface area contributed by atoms with Crippen molar-refractivity contribution in [1.82, 2.24) is 5.32 Å². The zero-order valence-corrected chi connectivity index (χ0v) is 13.7. The molecule has 24 heavy (non-hydrogen) atoms. The van der Waals surface area contributed by atoms with Crippen LogP contribution in [-0.2, 0) is 9.53 Å². The van der Waals surface area contributed by atoms with E-state index in [9.17, 15) is 9.59 Å². The molecule has 126 valence electrons. The first-order valence-corrected chi connectivity index (χ1v) is 7.60. The highest BCUT2D eigenvalue weighted by molar-refractivity contribution is 5.94. The highest BCUT2D eigenvalue weighted by Gasteiger charge is 2.09. The van der Waals surface area contributed by atoms with Crippen LogP contribution in [0.5, 0.6) is 0 Å². The Hall–Kier alpha value is -2.86. The molecule has 0 aliphatic carbocycles. The quantitative estimate of drug-likeness (QED) is 0.762. The first kappa shape index (κ1) is 17.5. The van der Waals surface area contributed by atoms with Crippen LogP contribution in [0.3, 0.4) is 0 Å². The monoisotopic (exact) mass is 327 g/mol. The second-order valence-electron chi connectivity index (χ2n) is 5.29. The first-order chi connectivity index (χ1) is 11.6. The molecule has 2 aromatic rings. The van der Waals surface area contributed by atoms with Crippen molar-refractivity contribution in [1.29, 1.82) is 0 Å². The maximum Gasteiger partial charge on any atom is 0.319 e. The largest absolute Gasteiger partial charge is 0.375 e. The maximum absolute atomic E-state index is 12.1. The van der Waals surface area contributed by atoms with Crippen molar-refractivity contribution in [2.24, 2.45) is 0 Å². The van der Waals surface area contributed by atoms with Crippen molar-refractivity contribution >= 4 is 23.3 Å². The van der Waals surface area contributed by atoms with Crippen molar-refractivity contribution in [2.75, 3.05) is 24.4 Å². The molecule has 0 heterocycles. The van der Waals surface area contributed by atoms with E-state index < -0.39 is 0 Å². The van der Waals surface area contributed by atoms with Crippen LogP contribution in [0.15, 0.2) is 54.6 Å². The van der Waals surface area contributed by atoms with E-state index in [1.165, 1.54) is 7.11 Å². The lowest BCUT2D eigenvalue weighted by Crippen LogP contribution is -2.31. The van der Waals surface area contributed by atoms with E-state index in [0.717, 1.165) is 5.56 Å². The van der Waals surface area contributed by atoms with Gasteiger partial charge in [0, 0.05) is 18.5 Å². The van der Waals surface area contributed by atoms with E-state index in [-0.39, 0.29) is 24.6 Å². The molecule has 2 aromatic carbocycles. The zero-order valence-electron chi connectivity index (χ0n) is 13.7. The number of anilines is 2. The Morgan fingerprint density at radius 2 is 1.67 bits per heavy atom. The Balaban J connectivity index is 1.93. The summed E-state index contributed by atoms with van der Waals surface area (Å²) < 4.78 is 4.76. The number of carbonyl (C=O) groups excluding carboxylic acids is 2. The highest BCUT2D eigenvalue weighted by Crippen LogP contribution is 2.16. The number of nitrogens with one attached hydrogen (secondary N) is 3. The van der Waals surface area contributed by atoms with Gasteiger partial charge in [-0.2, -0.15) is 0 Å². The van der Waals surface area contributed by atoms with Gasteiger partial charge in [-0.3, -0.25) is 4.79 Å². The standard InChI is InChI=1S/C18H21N3O3/c1-13(14-7-4-3-5-8-14)19-18(23)21-16-10-6-9-15(11-16)20-17(22)12-24-2/h3-11,13H,12H2,1-2H3,(H,20,22)(H2,19,21,23)/t13-/m1/s1. The molecule has 0 aliphatic heterocycles. The van der Waals surface area contributed by atoms with Crippen molar-refractivity contribution in [3.05, 3.63) is 60.2 Å². The lowest BCUT2D eigenvalue weighted by molar-refractivity contribution is -0.119. The molecule has 6 nitrogen and oxygen atoms in total. The van der Waals surface area contributed by atoms with Crippen LogP contribution < -0.4 is 16.0 Å². The Morgan fingerprint density at radius 3 is 2.33 bits per heavy atom. The molecule has 0 aliphatic rings. The lowest BCUT2D eigenvalue weighted by atomic mass is 10.1. The number of urea groups is 1. The summed E-state index contributed by atoms with van der Waals surface area (Å²) in [6.45, 7) is 1.89. The Labute approximate surface area is 141 Å². The maximum atomic E-state index is 12.1. The third kappa shape index (κ3) is 5.40. The molecule has 0 spiro atoms.